The second-order valence-electron chi connectivity index (χ2n) is 8.52. The lowest BCUT2D eigenvalue weighted by molar-refractivity contribution is 0.616. The van der Waals surface area contributed by atoms with Crippen LogP contribution in [0.2, 0.25) is 0 Å². The van der Waals surface area contributed by atoms with Gasteiger partial charge in [-0.1, -0.05) is 67.6 Å². The summed E-state index contributed by atoms with van der Waals surface area (Å²) in [6.45, 7) is 7.27. The first-order chi connectivity index (χ1) is 14.6. The van der Waals surface area contributed by atoms with Gasteiger partial charge in [0.25, 0.3) is 0 Å². The molecule has 6 nitrogen and oxygen atoms in total. The van der Waals surface area contributed by atoms with Gasteiger partial charge in [0, 0.05) is 18.2 Å². The van der Waals surface area contributed by atoms with Crippen LogP contribution in [0.15, 0.2) is 54.6 Å². The molecule has 0 spiro atoms. The number of fused-ring (bicyclic) bond motifs is 2. The molecule has 0 amide bonds. The first-order valence-electron chi connectivity index (χ1n) is 10.6. The lowest BCUT2D eigenvalue weighted by Gasteiger charge is -2.24. The van der Waals surface area contributed by atoms with Crippen molar-refractivity contribution >= 4 is 22.7 Å². The molecule has 0 N–H and O–H groups in total. The molecule has 0 unspecified atom stereocenters. The van der Waals surface area contributed by atoms with Gasteiger partial charge in [-0.25, -0.2) is 14.6 Å². The van der Waals surface area contributed by atoms with E-state index in [1.807, 2.05) is 22.9 Å². The Kier molecular flexibility index (Phi) is 4.69. The van der Waals surface area contributed by atoms with E-state index in [4.69, 9.17) is 9.97 Å². The van der Waals surface area contributed by atoms with Gasteiger partial charge in [0.2, 0.25) is 0 Å². The molecule has 5 rings (SSSR count). The van der Waals surface area contributed by atoms with E-state index in [0.717, 1.165) is 35.6 Å². The molecule has 0 bridgehead atoms. The van der Waals surface area contributed by atoms with Crippen LogP contribution in [0.5, 0.6) is 0 Å². The molecule has 2 aromatic heterocycles. The van der Waals surface area contributed by atoms with Crippen molar-refractivity contribution < 1.29 is 0 Å². The average molecular weight is 399 g/mol. The second-order valence-corrected chi connectivity index (χ2v) is 8.52. The highest BCUT2D eigenvalue weighted by molar-refractivity contribution is 5.87. The third-order valence-corrected chi connectivity index (χ3v) is 5.59. The molecule has 6 heteroatoms. The highest BCUT2D eigenvalue weighted by Gasteiger charge is 2.31. The van der Waals surface area contributed by atoms with Crippen LogP contribution >= 0.6 is 0 Å². The second kappa shape index (κ2) is 7.52. The Bertz CT molecular complexity index is 1180. The van der Waals surface area contributed by atoms with Crippen LogP contribution in [-0.4, -0.2) is 31.0 Å². The highest BCUT2D eigenvalue weighted by Crippen LogP contribution is 2.39. The number of para-hydroxylation sites is 1. The zero-order valence-electron chi connectivity index (χ0n) is 17.7. The molecular formula is C24H26N6. The predicted molar refractivity (Wildman–Crippen MR) is 119 cm³/mol. The Labute approximate surface area is 176 Å². The van der Waals surface area contributed by atoms with Gasteiger partial charge in [0.05, 0.1) is 6.54 Å². The predicted octanol–water partition coefficient (Wildman–Crippen LogP) is 4.55. The Morgan fingerprint density at radius 2 is 1.77 bits per heavy atom. The minimum atomic E-state index is 0.312. The number of hydrogen-bond donors (Lipinski definition) is 0. The van der Waals surface area contributed by atoms with Crippen LogP contribution in [0.3, 0.4) is 0 Å². The van der Waals surface area contributed by atoms with Crippen LogP contribution in [0.4, 0.5) is 11.5 Å². The standard InChI is InChI=1S/C24H26N6/c1-16(2)13-21-25-23-22(27-28-29(23)15-18-9-5-4-6-10-18)24(26-21)30-17(3)14-19-11-7-8-12-20(19)30/h4-12,16-17H,13-15H2,1-3H3/t17-/m1/s1. The van der Waals surface area contributed by atoms with Gasteiger partial charge in [0.1, 0.15) is 5.82 Å². The number of aromatic nitrogens is 5. The molecule has 2 aromatic carbocycles. The number of benzene rings is 2. The zero-order chi connectivity index (χ0) is 20.7. The first-order valence-corrected chi connectivity index (χ1v) is 10.6. The lowest BCUT2D eigenvalue weighted by atomic mass is 10.1. The Balaban J connectivity index is 1.66. The summed E-state index contributed by atoms with van der Waals surface area (Å²) in [7, 11) is 0. The molecule has 0 fully saturated rings. The van der Waals surface area contributed by atoms with Gasteiger partial charge in [-0.2, -0.15) is 0 Å². The molecule has 1 aliphatic rings. The number of hydrogen-bond acceptors (Lipinski definition) is 5. The third kappa shape index (κ3) is 3.32. The van der Waals surface area contributed by atoms with Crippen molar-refractivity contribution in [2.45, 2.75) is 46.2 Å². The SMILES string of the molecule is CC(C)Cc1nc(N2c3ccccc3C[C@H]2C)c2nnn(Cc3ccccc3)c2n1. The normalized spacial score (nSPS) is 15.9. The van der Waals surface area contributed by atoms with Crippen LogP contribution in [-0.2, 0) is 19.4 Å². The molecule has 0 radical (unpaired) electrons. The lowest BCUT2D eigenvalue weighted by Crippen LogP contribution is -2.26. The van der Waals surface area contributed by atoms with Crippen LogP contribution in [0.25, 0.3) is 11.2 Å². The molecule has 30 heavy (non-hydrogen) atoms. The van der Waals surface area contributed by atoms with Crippen LogP contribution < -0.4 is 4.90 Å². The number of rotatable bonds is 5. The molecule has 0 saturated carbocycles. The maximum Gasteiger partial charge on any atom is 0.184 e. The monoisotopic (exact) mass is 398 g/mol. The summed E-state index contributed by atoms with van der Waals surface area (Å²) in [5.74, 6) is 2.19. The molecule has 0 saturated heterocycles. The molecule has 3 heterocycles. The summed E-state index contributed by atoms with van der Waals surface area (Å²) < 4.78 is 1.90. The first kappa shape index (κ1) is 18.7. The fourth-order valence-electron chi connectivity index (χ4n) is 4.26. The maximum absolute atomic E-state index is 4.99. The van der Waals surface area contributed by atoms with Gasteiger partial charge in [-0.15, -0.1) is 5.10 Å². The van der Waals surface area contributed by atoms with Crippen molar-refractivity contribution in [1.82, 2.24) is 25.0 Å². The van der Waals surface area contributed by atoms with E-state index in [9.17, 15) is 0 Å². The van der Waals surface area contributed by atoms with Crippen LogP contribution in [0.1, 0.15) is 37.7 Å². The van der Waals surface area contributed by atoms with E-state index in [-0.39, 0.29) is 0 Å². The van der Waals surface area contributed by atoms with Gasteiger partial charge in [0.15, 0.2) is 17.0 Å². The quantitative estimate of drug-likeness (QED) is 0.494. The summed E-state index contributed by atoms with van der Waals surface area (Å²) in [5, 5.41) is 8.99. The van der Waals surface area contributed by atoms with E-state index in [0.29, 0.717) is 18.5 Å². The molecule has 1 atom stereocenters. The van der Waals surface area contributed by atoms with E-state index in [2.05, 4.69) is 72.4 Å². The van der Waals surface area contributed by atoms with Crippen molar-refractivity contribution in [2.24, 2.45) is 5.92 Å². The van der Waals surface area contributed by atoms with Gasteiger partial charge in [-0.05, 0) is 36.5 Å². The van der Waals surface area contributed by atoms with Crippen molar-refractivity contribution in [3.8, 4) is 0 Å². The Morgan fingerprint density at radius 1 is 1.00 bits per heavy atom. The van der Waals surface area contributed by atoms with Crippen LogP contribution in [0, 0.1) is 5.92 Å². The highest BCUT2D eigenvalue weighted by atomic mass is 15.5. The summed E-state index contributed by atoms with van der Waals surface area (Å²) in [5.41, 5.74) is 5.30. The van der Waals surface area contributed by atoms with E-state index < -0.39 is 0 Å². The molecule has 1 aliphatic heterocycles. The zero-order valence-corrected chi connectivity index (χ0v) is 17.7. The van der Waals surface area contributed by atoms with Crippen molar-refractivity contribution in [3.05, 3.63) is 71.5 Å². The van der Waals surface area contributed by atoms with E-state index in [1.165, 1.54) is 16.8 Å². The third-order valence-electron chi connectivity index (χ3n) is 5.59. The fourth-order valence-corrected chi connectivity index (χ4v) is 4.26. The molecule has 0 aliphatic carbocycles. The van der Waals surface area contributed by atoms with E-state index in [1.54, 1.807) is 0 Å². The number of anilines is 2. The average Bonchev–Trinajstić information content (AvgIpc) is 3.28. The maximum atomic E-state index is 4.99. The fraction of sp³-hybridized carbons (Fsp3) is 0.333. The number of nitrogens with zero attached hydrogens (tertiary/aromatic N) is 6. The summed E-state index contributed by atoms with van der Waals surface area (Å²) in [4.78, 5) is 12.2. The Hall–Kier alpha value is -3.28. The van der Waals surface area contributed by atoms with E-state index >= 15 is 0 Å². The van der Waals surface area contributed by atoms with Gasteiger partial charge < -0.3 is 4.90 Å². The summed E-state index contributed by atoms with van der Waals surface area (Å²) in [6, 6.07) is 19.2. The van der Waals surface area contributed by atoms with Crippen molar-refractivity contribution in [2.75, 3.05) is 4.90 Å². The largest absolute Gasteiger partial charge is 0.321 e. The topological polar surface area (TPSA) is 59.7 Å². The van der Waals surface area contributed by atoms with Gasteiger partial charge >= 0.3 is 0 Å². The Morgan fingerprint density at radius 3 is 2.57 bits per heavy atom. The minimum absolute atomic E-state index is 0.312. The van der Waals surface area contributed by atoms with Crippen molar-refractivity contribution in [3.63, 3.8) is 0 Å². The molecule has 4 aromatic rings. The summed E-state index contributed by atoms with van der Waals surface area (Å²) >= 11 is 0. The van der Waals surface area contributed by atoms with Crippen molar-refractivity contribution in [1.29, 1.82) is 0 Å². The minimum Gasteiger partial charge on any atom is -0.321 e. The van der Waals surface area contributed by atoms with Gasteiger partial charge in [-0.3, -0.25) is 0 Å². The molecule has 152 valence electrons. The summed E-state index contributed by atoms with van der Waals surface area (Å²) in [6.07, 6.45) is 1.82. The smallest absolute Gasteiger partial charge is 0.184 e. The molecular weight excluding hydrogens is 372 g/mol.